The predicted octanol–water partition coefficient (Wildman–Crippen LogP) is 5.19. The third-order valence-electron chi connectivity index (χ3n) is 6.43. The van der Waals surface area contributed by atoms with Gasteiger partial charge < -0.3 is 20.1 Å². The minimum absolute atomic E-state index is 0.0278. The Bertz CT molecular complexity index is 976. The Morgan fingerprint density at radius 3 is 2.17 bits per heavy atom. The van der Waals surface area contributed by atoms with Crippen LogP contribution in [0.15, 0.2) is 48.5 Å². The van der Waals surface area contributed by atoms with Gasteiger partial charge in [0.2, 0.25) is 5.91 Å². The minimum Gasteiger partial charge on any atom is -0.481 e. The Morgan fingerprint density at radius 2 is 1.60 bits per heavy atom. The molecule has 35 heavy (non-hydrogen) atoms. The number of carbonyl (C=O) groups excluding carboxylic acids is 2. The Balaban J connectivity index is 1.61. The average Bonchev–Trinajstić information content (AvgIpc) is 3.17. The van der Waals surface area contributed by atoms with Crippen molar-refractivity contribution in [2.45, 2.75) is 64.3 Å². The summed E-state index contributed by atoms with van der Waals surface area (Å²) in [6.45, 7) is 4.90. The van der Waals surface area contributed by atoms with E-state index in [1.165, 1.54) is 11.1 Å². The van der Waals surface area contributed by atoms with E-state index in [4.69, 9.17) is 9.84 Å². The smallest absolute Gasteiger partial charge is 0.407 e. The molecule has 3 rings (SSSR count). The van der Waals surface area contributed by atoms with E-state index in [0.29, 0.717) is 13.0 Å². The van der Waals surface area contributed by atoms with Crippen molar-refractivity contribution >= 4 is 18.0 Å². The average molecular weight is 481 g/mol. The maximum atomic E-state index is 12.9. The van der Waals surface area contributed by atoms with E-state index in [1.807, 2.05) is 31.2 Å². The fraction of sp³-hybridized carbons (Fsp3) is 0.464. The highest BCUT2D eigenvalue weighted by molar-refractivity contribution is 5.80. The highest BCUT2D eigenvalue weighted by Crippen LogP contribution is 2.44. The molecule has 2 amide bonds. The van der Waals surface area contributed by atoms with Crippen LogP contribution in [-0.2, 0) is 14.3 Å². The van der Waals surface area contributed by atoms with Crippen LogP contribution in [0.25, 0.3) is 11.1 Å². The third-order valence-corrected chi connectivity index (χ3v) is 6.43. The zero-order valence-electron chi connectivity index (χ0n) is 20.7. The monoisotopic (exact) mass is 480 g/mol. The van der Waals surface area contributed by atoms with Crippen molar-refractivity contribution in [1.29, 1.82) is 0 Å². The molecule has 0 unspecified atom stereocenters. The summed E-state index contributed by atoms with van der Waals surface area (Å²) in [5.74, 6) is -1.11. The van der Waals surface area contributed by atoms with Crippen LogP contribution in [0.4, 0.5) is 4.79 Å². The zero-order valence-corrected chi connectivity index (χ0v) is 20.7. The van der Waals surface area contributed by atoms with E-state index in [-0.39, 0.29) is 43.9 Å². The second-order valence-electron chi connectivity index (χ2n) is 9.04. The highest BCUT2D eigenvalue weighted by atomic mass is 16.5. The Kier molecular flexibility index (Phi) is 9.70. The van der Waals surface area contributed by atoms with E-state index in [9.17, 15) is 14.4 Å². The summed E-state index contributed by atoms with van der Waals surface area (Å²) in [6, 6.07) is 16.0. The second kappa shape index (κ2) is 12.9. The Labute approximate surface area is 207 Å². The summed E-state index contributed by atoms with van der Waals surface area (Å²) in [4.78, 5) is 38.2. The number of fused-ring (bicyclic) bond motifs is 3. The first kappa shape index (κ1) is 26.3. The van der Waals surface area contributed by atoms with E-state index in [0.717, 1.165) is 30.4 Å². The van der Waals surface area contributed by atoms with Gasteiger partial charge in [-0.2, -0.15) is 0 Å². The van der Waals surface area contributed by atoms with Crippen molar-refractivity contribution in [3.05, 3.63) is 59.7 Å². The molecule has 0 radical (unpaired) electrons. The van der Waals surface area contributed by atoms with Crippen molar-refractivity contribution < 1.29 is 24.2 Å². The van der Waals surface area contributed by atoms with E-state index < -0.39 is 12.1 Å². The van der Waals surface area contributed by atoms with Crippen LogP contribution in [0.5, 0.6) is 0 Å². The van der Waals surface area contributed by atoms with Gasteiger partial charge in [0.25, 0.3) is 0 Å². The minimum atomic E-state index is -0.932. The molecule has 0 bridgehead atoms. The van der Waals surface area contributed by atoms with E-state index in [1.54, 1.807) is 4.90 Å². The predicted molar refractivity (Wildman–Crippen MR) is 135 cm³/mol. The Hall–Kier alpha value is -3.35. The summed E-state index contributed by atoms with van der Waals surface area (Å²) in [5, 5.41) is 11.9. The summed E-state index contributed by atoms with van der Waals surface area (Å²) in [5.41, 5.74) is 4.63. The molecule has 0 fully saturated rings. The zero-order chi connectivity index (χ0) is 25.2. The van der Waals surface area contributed by atoms with Crippen molar-refractivity contribution in [1.82, 2.24) is 10.2 Å². The third kappa shape index (κ3) is 7.07. The lowest BCUT2D eigenvalue weighted by Gasteiger charge is -2.25. The van der Waals surface area contributed by atoms with Crippen LogP contribution < -0.4 is 5.32 Å². The van der Waals surface area contributed by atoms with Crippen LogP contribution in [0.2, 0.25) is 0 Å². The van der Waals surface area contributed by atoms with Crippen LogP contribution in [0.1, 0.15) is 69.4 Å². The molecular formula is C28H36N2O5. The largest absolute Gasteiger partial charge is 0.481 e. The van der Waals surface area contributed by atoms with Crippen LogP contribution in [-0.4, -0.2) is 53.7 Å². The van der Waals surface area contributed by atoms with Crippen LogP contribution in [0, 0.1) is 0 Å². The van der Waals surface area contributed by atoms with Crippen LogP contribution >= 0.6 is 0 Å². The molecule has 1 aliphatic carbocycles. The molecule has 2 N–H and O–H groups in total. The Morgan fingerprint density at radius 1 is 0.971 bits per heavy atom. The van der Waals surface area contributed by atoms with Gasteiger partial charge in [-0.3, -0.25) is 9.59 Å². The lowest BCUT2D eigenvalue weighted by molar-refractivity contribution is -0.138. The van der Waals surface area contributed by atoms with Crippen molar-refractivity contribution in [2.75, 3.05) is 19.7 Å². The number of amides is 2. The SMILES string of the molecule is CCCC[C@H](CC(=O)N(CCC)CCC(=O)O)NC(=O)OCC1c2ccccc2-c2ccccc21. The molecule has 0 saturated carbocycles. The van der Waals surface area contributed by atoms with Gasteiger partial charge in [0, 0.05) is 31.5 Å². The summed E-state index contributed by atoms with van der Waals surface area (Å²) in [7, 11) is 0. The number of carboxylic acid groups (broad SMARTS) is 1. The van der Waals surface area contributed by atoms with Gasteiger partial charge in [0.15, 0.2) is 0 Å². The number of alkyl carbamates (subject to hydrolysis) is 1. The number of nitrogens with zero attached hydrogens (tertiary/aromatic N) is 1. The molecule has 2 aromatic carbocycles. The maximum Gasteiger partial charge on any atom is 0.407 e. The molecule has 0 saturated heterocycles. The van der Waals surface area contributed by atoms with Gasteiger partial charge in [-0.15, -0.1) is 0 Å². The molecule has 2 aromatic rings. The van der Waals surface area contributed by atoms with Crippen molar-refractivity contribution in [2.24, 2.45) is 0 Å². The number of ether oxygens (including phenoxy) is 1. The number of aliphatic carboxylic acids is 1. The first-order valence-corrected chi connectivity index (χ1v) is 12.6. The molecule has 7 heteroatoms. The van der Waals surface area contributed by atoms with Gasteiger partial charge in [-0.25, -0.2) is 4.79 Å². The number of nitrogens with one attached hydrogen (secondary N) is 1. The molecule has 0 heterocycles. The van der Waals surface area contributed by atoms with Gasteiger partial charge >= 0.3 is 12.1 Å². The lowest BCUT2D eigenvalue weighted by Crippen LogP contribution is -2.42. The van der Waals surface area contributed by atoms with Crippen molar-refractivity contribution in [3.8, 4) is 11.1 Å². The molecule has 7 nitrogen and oxygen atoms in total. The highest BCUT2D eigenvalue weighted by Gasteiger charge is 2.29. The number of carbonyl (C=O) groups is 3. The summed E-state index contributed by atoms with van der Waals surface area (Å²) < 4.78 is 5.67. The molecule has 0 aliphatic heterocycles. The molecular weight excluding hydrogens is 444 g/mol. The summed E-state index contributed by atoms with van der Waals surface area (Å²) in [6.07, 6.45) is 2.71. The molecule has 0 aromatic heterocycles. The van der Waals surface area contributed by atoms with Crippen molar-refractivity contribution in [3.63, 3.8) is 0 Å². The first-order chi connectivity index (χ1) is 16.9. The fourth-order valence-corrected chi connectivity index (χ4v) is 4.68. The van der Waals surface area contributed by atoms with Gasteiger partial charge in [0.1, 0.15) is 6.61 Å². The number of rotatable bonds is 13. The number of hydrogen-bond acceptors (Lipinski definition) is 4. The quantitative estimate of drug-likeness (QED) is 0.411. The molecule has 1 atom stereocenters. The van der Waals surface area contributed by atoms with Gasteiger partial charge in [-0.1, -0.05) is 75.2 Å². The normalized spacial score (nSPS) is 13.0. The first-order valence-electron chi connectivity index (χ1n) is 12.6. The van der Waals surface area contributed by atoms with E-state index >= 15 is 0 Å². The topological polar surface area (TPSA) is 95.9 Å². The van der Waals surface area contributed by atoms with Crippen LogP contribution in [0.3, 0.4) is 0 Å². The number of benzene rings is 2. The number of carboxylic acids is 1. The fourth-order valence-electron chi connectivity index (χ4n) is 4.68. The standard InChI is InChI=1S/C28H36N2O5/c1-3-5-10-20(18-26(31)30(16-4-2)17-15-27(32)33)29-28(34)35-19-25-23-13-8-6-11-21(23)22-12-7-9-14-24(22)25/h6-9,11-14,20,25H,3-5,10,15-19H2,1-2H3,(H,29,34)(H,32,33)/t20-/m1/s1. The molecule has 1 aliphatic rings. The molecule has 188 valence electrons. The lowest BCUT2D eigenvalue weighted by atomic mass is 9.98. The maximum absolute atomic E-state index is 12.9. The summed E-state index contributed by atoms with van der Waals surface area (Å²) >= 11 is 0. The van der Waals surface area contributed by atoms with Gasteiger partial charge in [-0.05, 0) is 35.1 Å². The number of unbranched alkanes of at least 4 members (excludes halogenated alkanes) is 1. The van der Waals surface area contributed by atoms with E-state index in [2.05, 4.69) is 36.5 Å². The van der Waals surface area contributed by atoms with Gasteiger partial charge in [0.05, 0.1) is 6.42 Å². The molecule has 0 spiro atoms. The number of hydrogen-bond donors (Lipinski definition) is 2. The second-order valence-corrected chi connectivity index (χ2v) is 9.04.